The van der Waals surface area contributed by atoms with Gasteiger partial charge in [0, 0.05) is 18.7 Å². The van der Waals surface area contributed by atoms with E-state index >= 15 is 0 Å². The van der Waals surface area contributed by atoms with Crippen LogP contribution in [0.2, 0.25) is 0 Å². The van der Waals surface area contributed by atoms with Crippen LogP contribution in [-0.2, 0) is 10.3 Å². The van der Waals surface area contributed by atoms with E-state index in [2.05, 4.69) is 5.32 Å². The number of para-hydroxylation sites is 1. The zero-order valence-corrected chi connectivity index (χ0v) is 11.7. The van der Waals surface area contributed by atoms with Gasteiger partial charge in [-0.1, -0.05) is 18.2 Å². The molecule has 0 aliphatic carbocycles. The summed E-state index contributed by atoms with van der Waals surface area (Å²) in [6.07, 6.45) is 2.46. The average Bonchev–Trinajstić information content (AvgIpc) is 2.98. The number of hydrogen-bond acceptors (Lipinski definition) is 4. The van der Waals surface area contributed by atoms with E-state index in [-0.39, 0.29) is 12.7 Å². The zero-order chi connectivity index (χ0) is 13.7. The van der Waals surface area contributed by atoms with Gasteiger partial charge in [-0.25, -0.2) is 0 Å². The summed E-state index contributed by atoms with van der Waals surface area (Å²) in [7, 11) is 1.65. The smallest absolute Gasteiger partial charge is 0.123 e. The highest BCUT2D eigenvalue weighted by atomic mass is 16.5. The quantitative estimate of drug-likeness (QED) is 0.821. The highest BCUT2D eigenvalue weighted by molar-refractivity contribution is 5.38. The van der Waals surface area contributed by atoms with Crippen molar-refractivity contribution in [2.45, 2.75) is 31.4 Å². The van der Waals surface area contributed by atoms with Crippen LogP contribution in [-0.4, -0.2) is 38.1 Å². The minimum atomic E-state index is -0.515. The van der Waals surface area contributed by atoms with Crippen LogP contribution in [0.3, 0.4) is 0 Å². The maximum Gasteiger partial charge on any atom is 0.123 e. The molecule has 2 atom stereocenters. The lowest BCUT2D eigenvalue weighted by atomic mass is 9.91. The third kappa shape index (κ3) is 3.26. The maximum absolute atomic E-state index is 9.77. The fourth-order valence-corrected chi connectivity index (χ4v) is 2.48. The highest BCUT2D eigenvalue weighted by Crippen LogP contribution is 2.29. The molecular weight excluding hydrogens is 242 g/mol. The molecule has 2 N–H and O–H groups in total. The van der Waals surface area contributed by atoms with Crippen LogP contribution in [0.15, 0.2) is 24.3 Å². The number of aliphatic hydroxyl groups is 1. The molecule has 1 aromatic rings. The summed E-state index contributed by atoms with van der Waals surface area (Å²) in [4.78, 5) is 0. The molecule has 1 fully saturated rings. The molecule has 1 saturated heterocycles. The Bertz CT molecular complexity index is 404. The Balaban J connectivity index is 2.11. The summed E-state index contributed by atoms with van der Waals surface area (Å²) in [5, 5.41) is 13.2. The SMILES string of the molecule is COc1ccccc1C(C)(CO)NCC1CCCO1. The van der Waals surface area contributed by atoms with E-state index in [9.17, 15) is 5.11 Å². The van der Waals surface area contributed by atoms with Crippen LogP contribution in [0.1, 0.15) is 25.3 Å². The maximum atomic E-state index is 9.77. The van der Waals surface area contributed by atoms with Gasteiger partial charge in [0.2, 0.25) is 0 Å². The monoisotopic (exact) mass is 265 g/mol. The Morgan fingerprint density at radius 2 is 2.26 bits per heavy atom. The molecule has 0 radical (unpaired) electrons. The first-order valence-electron chi connectivity index (χ1n) is 6.80. The molecule has 2 rings (SSSR count). The van der Waals surface area contributed by atoms with Crippen LogP contribution in [0.25, 0.3) is 0 Å². The summed E-state index contributed by atoms with van der Waals surface area (Å²) in [5.41, 5.74) is 0.455. The average molecular weight is 265 g/mol. The molecular formula is C15H23NO3. The predicted octanol–water partition coefficient (Wildman–Crippen LogP) is 1.67. The van der Waals surface area contributed by atoms with Gasteiger partial charge in [-0.05, 0) is 25.8 Å². The first-order valence-corrected chi connectivity index (χ1v) is 6.80. The second-order valence-electron chi connectivity index (χ2n) is 5.21. The van der Waals surface area contributed by atoms with Crippen LogP contribution in [0, 0.1) is 0 Å². The van der Waals surface area contributed by atoms with E-state index in [4.69, 9.17) is 9.47 Å². The van der Waals surface area contributed by atoms with Gasteiger partial charge in [-0.3, -0.25) is 0 Å². The first-order chi connectivity index (χ1) is 9.19. The Morgan fingerprint density at radius 3 is 2.89 bits per heavy atom. The Morgan fingerprint density at radius 1 is 1.47 bits per heavy atom. The molecule has 1 aliphatic heterocycles. The molecule has 0 spiro atoms. The van der Waals surface area contributed by atoms with Gasteiger partial charge >= 0.3 is 0 Å². The van der Waals surface area contributed by atoms with Crippen LogP contribution in [0.4, 0.5) is 0 Å². The fraction of sp³-hybridized carbons (Fsp3) is 0.600. The largest absolute Gasteiger partial charge is 0.496 e. The van der Waals surface area contributed by atoms with Crippen LogP contribution >= 0.6 is 0 Å². The van der Waals surface area contributed by atoms with Crippen molar-refractivity contribution in [3.8, 4) is 5.75 Å². The second-order valence-corrected chi connectivity index (χ2v) is 5.21. The number of ether oxygens (including phenoxy) is 2. The van der Waals surface area contributed by atoms with E-state index in [1.807, 2.05) is 31.2 Å². The summed E-state index contributed by atoms with van der Waals surface area (Å²) in [5.74, 6) is 0.791. The van der Waals surface area contributed by atoms with Crippen molar-refractivity contribution in [2.24, 2.45) is 0 Å². The molecule has 1 heterocycles. The minimum absolute atomic E-state index is 0.0140. The lowest BCUT2D eigenvalue weighted by Crippen LogP contribution is -2.46. The Kier molecular flexibility index (Phi) is 4.80. The van der Waals surface area contributed by atoms with E-state index in [0.717, 1.165) is 37.3 Å². The standard InChI is InChI=1S/C15H23NO3/c1-15(11-17,16-10-12-6-5-9-19-12)13-7-3-4-8-14(13)18-2/h3-4,7-8,12,16-17H,5-6,9-11H2,1-2H3. The third-order valence-electron chi connectivity index (χ3n) is 3.76. The number of nitrogens with one attached hydrogen (secondary N) is 1. The van der Waals surface area contributed by atoms with Gasteiger partial charge in [-0.15, -0.1) is 0 Å². The number of rotatable bonds is 6. The van der Waals surface area contributed by atoms with Gasteiger partial charge in [0.05, 0.1) is 25.4 Å². The predicted molar refractivity (Wildman–Crippen MR) is 74.4 cm³/mol. The van der Waals surface area contributed by atoms with Gasteiger partial charge in [0.25, 0.3) is 0 Å². The number of methoxy groups -OCH3 is 1. The highest BCUT2D eigenvalue weighted by Gasteiger charge is 2.30. The molecule has 0 amide bonds. The van der Waals surface area contributed by atoms with E-state index < -0.39 is 5.54 Å². The van der Waals surface area contributed by atoms with Crippen molar-refractivity contribution in [1.82, 2.24) is 5.32 Å². The topological polar surface area (TPSA) is 50.7 Å². The molecule has 106 valence electrons. The van der Waals surface area contributed by atoms with Gasteiger partial charge in [-0.2, -0.15) is 0 Å². The number of benzene rings is 1. The lowest BCUT2D eigenvalue weighted by Gasteiger charge is -2.31. The van der Waals surface area contributed by atoms with E-state index in [0.29, 0.717) is 0 Å². The normalized spacial score (nSPS) is 22.2. The van der Waals surface area contributed by atoms with Gasteiger partial charge in [0.1, 0.15) is 5.75 Å². The van der Waals surface area contributed by atoms with E-state index in [1.165, 1.54) is 0 Å². The van der Waals surface area contributed by atoms with Crippen molar-refractivity contribution in [2.75, 3.05) is 26.9 Å². The van der Waals surface area contributed by atoms with Crippen molar-refractivity contribution in [3.63, 3.8) is 0 Å². The lowest BCUT2D eigenvalue weighted by molar-refractivity contribution is 0.0904. The van der Waals surface area contributed by atoms with E-state index in [1.54, 1.807) is 7.11 Å². The Hall–Kier alpha value is -1.10. The second kappa shape index (κ2) is 6.37. The molecule has 0 saturated carbocycles. The zero-order valence-electron chi connectivity index (χ0n) is 11.7. The van der Waals surface area contributed by atoms with Crippen LogP contribution < -0.4 is 10.1 Å². The summed E-state index contributed by atoms with van der Waals surface area (Å²) < 4.78 is 11.0. The van der Waals surface area contributed by atoms with Crippen molar-refractivity contribution in [3.05, 3.63) is 29.8 Å². The van der Waals surface area contributed by atoms with Gasteiger partial charge in [0.15, 0.2) is 0 Å². The molecule has 4 nitrogen and oxygen atoms in total. The summed E-state index contributed by atoms with van der Waals surface area (Å²) >= 11 is 0. The molecule has 1 aromatic carbocycles. The van der Waals surface area contributed by atoms with Crippen molar-refractivity contribution >= 4 is 0 Å². The number of hydrogen-bond donors (Lipinski definition) is 2. The number of aliphatic hydroxyl groups excluding tert-OH is 1. The van der Waals surface area contributed by atoms with Gasteiger partial charge < -0.3 is 19.9 Å². The molecule has 1 aliphatic rings. The third-order valence-corrected chi connectivity index (χ3v) is 3.76. The first kappa shape index (κ1) is 14.3. The molecule has 19 heavy (non-hydrogen) atoms. The summed E-state index contributed by atoms with van der Waals surface area (Å²) in [6.45, 7) is 3.59. The van der Waals surface area contributed by atoms with Crippen LogP contribution in [0.5, 0.6) is 5.75 Å². The molecule has 0 aromatic heterocycles. The van der Waals surface area contributed by atoms with Crippen molar-refractivity contribution in [1.29, 1.82) is 0 Å². The Labute approximate surface area is 114 Å². The fourth-order valence-electron chi connectivity index (χ4n) is 2.48. The molecule has 0 bridgehead atoms. The van der Waals surface area contributed by atoms with Crippen molar-refractivity contribution < 1.29 is 14.6 Å². The summed E-state index contributed by atoms with van der Waals surface area (Å²) in [6, 6.07) is 7.79. The minimum Gasteiger partial charge on any atom is -0.496 e. The molecule has 2 unspecified atom stereocenters. The molecule has 4 heteroatoms.